The maximum absolute atomic E-state index is 8.41. The number of likely N-dealkylation sites (tertiary alicyclic amines) is 1. The number of benzene rings is 2. The third-order valence-corrected chi connectivity index (χ3v) is 8.78. The minimum absolute atomic E-state index is 0.357. The van der Waals surface area contributed by atoms with Crippen molar-refractivity contribution in [1.29, 1.82) is 10.8 Å². The molecule has 1 saturated heterocycles. The molecule has 0 atom stereocenters. The Morgan fingerprint density at radius 1 is 1.03 bits per heavy atom. The summed E-state index contributed by atoms with van der Waals surface area (Å²) in [5, 5.41) is 17.6. The Labute approximate surface area is 242 Å². The highest BCUT2D eigenvalue weighted by Gasteiger charge is 2.26. The summed E-state index contributed by atoms with van der Waals surface area (Å²) in [5.41, 5.74) is 3.49. The highest BCUT2D eigenvalue weighted by molar-refractivity contribution is 6.42. The van der Waals surface area contributed by atoms with Crippen LogP contribution in [0.3, 0.4) is 0 Å². The highest BCUT2D eigenvalue weighted by atomic mass is 35.5. The molecule has 210 valence electrons. The van der Waals surface area contributed by atoms with Gasteiger partial charge >= 0.3 is 0 Å². The molecule has 39 heavy (non-hydrogen) atoms. The Morgan fingerprint density at radius 3 is 2.36 bits per heavy atom. The minimum Gasteiger partial charge on any atom is -0.493 e. The quantitative estimate of drug-likeness (QED) is 0.199. The van der Waals surface area contributed by atoms with E-state index in [9.17, 15) is 0 Å². The zero-order valence-electron chi connectivity index (χ0n) is 23.4. The van der Waals surface area contributed by atoms with Crippen molar-refractivity contribution in [3.8, 4) is 5.75 Å². The molecular weight excluding hydrogens is 529 g/mol. The average Bonchev–Trinajstić information content (AvgIpc) is 3.33. The number of fused-ring (bicyclic) bond motifs is 1. The first kappa shape index (κ1) is 29.6. The van der Waals surface area contributed by atoms with Crippen LogP contribution in [0.5, 0.6) is 5.75 Å². The number of nitrogens with one attached hydrogen (secondary N) is 2. The molecular formula is C32H41Cl2N3O2. The van der Waals surface area contributed by atoms with E-state index in [4.69, 9.17) is 43.2 Å². The topological polar surface area (TPSA) is 73.3 Å². The lowest BCUT2D eigenvalue weighted by Gasteiger charge is -2.32. The molecule has 2 aromatic carbocycles. The summed E-state index contributed by atoms with van der Waals surface area (Å²) in [7, 11) is 0. The number of ether oxygens (including phenoxy) is 1. The van der Waals surface area contributed by atoms with E-state index in [0.29, 0.717) is 45.9 Å². The normalized spacial score (nSPS) is 16.6. The highest BCUT2D eigenvalue weighted by Crippen LogP contribution is 2.35. The van der Waals surface area contributed by atoms with Gasteiger partial charge in [-0.05, 0) is 99.8 Å². The van der Waals surface area contributed by atoms with Crippen molar-refractivity contribution in [1.82, 2.24) is 4.90 Å². The predicted octanol–water partition coefficient (Wildman–Crippen LogP) is 9.24. The first-order chi connectivity index (χ1) is 18.7. The van der Waals surface area contributed by atoms with Gasteiger partial charge in [-0.15, -0.1) is 0 Å². The first-order valence-electron chi connectivity index (χ1n) is 14.2. The Morgan fingerprint density at radius 2 is 1.74 bits per heavy atom. The van der Waals surface area contributed by atoms with Gasteiger partial charge in [-0.1, -0.05) is 55.6 Å². The standard InChI is InChI=1S/C27H30Cl2N2O2.C5H11N/c28-22-9-8-20(16-23(22)29)18-10-13-31(14-11-18)12-3-15-32-24-6-2-7-25-21(24)17-26(33-25)27(30)19-4-1-5-19;1-4(2)5(3)6/h2,6-9,16-19,30H,1,3-5,10-15H2;4,6H,1-3H3. The number of hydrogen-bond donors (Lipinski definition) is 2. The van der Waals surface area contributed by atoms with Crippen molar-refractivity contribution < 1.29 is 9.15 Å². The fourth-order valence-corrected chi connectivity index (χ4v) is 5.22. The lowest BCUT2D eigenvalue weighted by Crippen LogP contribution is -2.34. The van der Waals surface area contributed by atoms with Crippen LogP contribution in [0.4, 0.5) is 0 Å². The van der Waals surface area contributed by atoms with Crippen LogP contribution in [0, 0.1) is 22.7 Å². The van der Waals surface area contributed by atoms with Crippen molar-refractivity contribution in [3.05, 3.63) is 63.8 Å². The summed E-state index contributed by atoms with van der Waals surface area (Å²) in [6.07, 6.45) is 6.69. The molecule has 1 aliphatic heterocycles. The second kappa shape index (κ2) is 13.8. The van der Waals surface area contributed by atoms with Gasteiger partial charge in [-0.3, -0.25) is 0 Å². The third-order valence-electron chi connectivity index (χ3n) is 8.05. The molecule has 2 N–H and O–H groups in total. The monoisotopic (exact) mass is 569 g/mol. The van der Waals surface area contributed by atoms with Crippen LogP contribution < -0.4 is 4.74 Å². The summed E-state index contributed by atoms with van der Waals surface area (Å²) < 4.78 is 12.1. The van der Waals surface area contributed by atoms with Gasteiger partial charge in [0.15, 0.2) is 0 Å². The molecule has 0 spiro atoms. The smallest absolute Gasteiger partial charge is 0.149 e. The van der Waals surface area contributed by atoms with E-state index in [2.05, 4.69) is 11.0 Å². The maximum Gasteiger partial charge on any atom is 0.149 e. The van der Waals surface area contributed by atoms with E-state index in [1.807, 2.05) is 57.2 Å². The molecule has 7 heteroatoms. The first-order valence-corrected chi connectivity index (χ1v) is 14.9. The second-order valence-corrected chi connectivity index (χ2v) is 12.0. The van der Waals surface area contributed by atoms with Crippen molar-refractivity contribution in [2.45, 2.75) is 65.2 Å². The van der Waals surface area contributed by atoms with E-state index < -0.39 is 0 Å². The summed E-state index contributed by atoms with van der Waals surface area (Å²) in [4.78, 5) is 2.52. The zero-order valence-corrected chi connectivity index (χ0v) is 24.9. The fourth-order valence-electron chi connectivity index (χ4n) is 4.92. The van der Waals surface area contributed by atoms with E-state index in [1.54, 1.807) is 0 Å². The second-order valence-electron chi connectivity index (χ2n) is 11.1. The van der Waals surface area contributed by atoms with E-state index in [0.717, 1.165) is 74.2 Å². The molecule has 2 aliphatic rings. The van der Waals surface area contributed by atoms with E-state index in [1.165, 1.54) is 12.0 Å². The third kappa shape index (κ3) is 7.87. The van der Waals surface area contributed by atoms with Gasteiger partial charge in [0, 0.05) is 18.2 Å². The van der Waals surface area contributed by atoms with Crippen molar-refractivity contribution in [2.24, 2.45) is 11.8 Å². The number of hydrogen-bond acceptors (Lipinski definition) is 5. The van der Waals surface area contributed by atoms with Crippen molar-refractivity contribution >= 4 is 45.6 Å². The Balaban J connectivity index is 0.000000531. The Kier molecular flexibility index (Phi) is 10.5. The molecule has 0 bridgehead atoms. The number of rotatable bonds is 9. The predicted molar refractivity (Wildman–Crippen MR) is 164 cm³/mol. The van der Waals surface area contributed by atoms with Crippen LogP contribution >= 0.6 is 23.2 Å². The maximum atomic E-state index is 8.41. The Bertz CT molecular complexity index is 1270. The van der Waals surface area contributed by atoms with Gasteiger partial charge in [0.25, 0.3) is 0 Å². The van der Waals surface area contributed by atoms with Gasteiger partial charge < -0.3 is 24.9 Å². The number of halogens is 2. The van der Waals surface area contributed by atoms with Gasteiger partial charge in [0.1, 0.15) is 17.1 Å². The van der Waals surface area contributed by atoms with Gasteiger partial charge in [-0.25, -0.2) is 0 Å². The average molecular weight is 571 g/mol. The molecule has 0 radical (unpaired) electrons. The molecule has 1 saturated carbocycles. The van der Waals surface area contributed by atoms with E-state index >= 15 is 0 Å². The molecule has 5 rings (SSSR count). The van der Waals surface area contributed by atoms with Crippen LogP contribution in [0.25, 0.3) is 11.0 Å². The summed E-state index contributed by atoms with van der Waals surface area (Å²) in [5.74, 6) is 2.89. The van der Waals surface area contributed by atoms with Crippen LogP contribution in [-0.2, 0) is 0 Å². The molecule has 1 aliphatic carbocycles. The van der Waals surface area contributed by atoms with Crippen molar-refractivity contribution in [2.75, 3.05) is 26.2 Å². The summed E-state index contributed by atoms with van der Waals surface area (Å²) >= 11 is 12.3. The van der Waals surface area contributed by atoms with Crippen LogP contribution in [0.1, 0.15) is 76.5 Å². The molecule has 2 heterocycles. The van der Waals surface area contributed by atoms with Gasteiger partial charge in [-0.2, -0.15) is 0 Å². The van der Waals surface area contributed by atoms with Crippen LogP contribution in [0.15, 0.2) is 46.9 Å². The lowest BCUT2D eigenvalue weighted by atomic mass is 9.81. The number of nitrogens with zero attached hydrogens (tertiary/aromatic N) is 1. The lowest BCUT2D eigenvalue weighted by molar-refractivity contribution is 0.193. The summed E-state index contributed by atoms with van der Waals surface area (Å²) in [6.45, 7) is 9.75. The summed E-state index contributed by atoms with van der Waals surface area (Å²) in [6, 6.07) is 13.9. The minimum atomic E-state index is 0.357. The molecule has 2 fully saturated rings. The van der Waals surface area contributed by atoms with Crippen molar-refractivity contribution in [3.63, 3.8) is 0 Å². The molecule has 5 nitrogen and oxygen atoms in total. The molecule has 0 unspecified atom stereocenters. The number of piperidine rings is 1. The SMILES string of the molecule is CC(=N)C(C)C.N=C(c1cc2c(OCCCN3CCC(c4ccc(Cl)c(Cl)c4)CC3)cccc2o1)C1CCC1. The zero-order chi connectivity index (χ0) is 27.9. The van der Waals surface area contributed by atoms with Crippen LogP contribution in [0.2, 0.25) is 10.0 Å². The molecule has 0 amide bonds. The molecule has 3 aromatic rings. The Hall–Kier alpha value is -2.34. The van der Waals surface area contributed by atoms with Gasteiger partial charge in [0.05, 0.1) is 27.8 Å². The van der Waals surface area contributed by atoms with E-state index in [-0.39, 0.29) is 0 Å². The fraction of sp³-hybridized carbons (Fsp3) is 0.500. The largest absolute Gasteiger partial charge is 0.493 e. The number of furan rings is 1. The van der Waals surface area contributed by atoms with Crippen LogP contribution in [-0.4, -0.2) is 42.6 Å². The molecule has 1 aromatic heterocycles. The van der Waals surface area contributed by atoms with Gasteiger partial charge in [0.2, 0.25) is 0 Å².